The molecule has 6 nitrogen and oxygen atoms in total. The molecule has 1 heterocycles. The van der Waals surface area contributed by atoms with Crippen molar-refractivity contribution >= 4 is 17.6 Å². The third kappa shape index (κ3) is 3.52. The average Bonchev–Trinajstić information content (AvgIpc) is 2.78. The molecule has 114 valence electrons. The third-order valence-corrected chi connectivity index (χ3v) is 3.51. The first-order chi connectivity index (χ1) is 10.0. The number of fused-ring (bicyclic) bond motifs is 1. The maximum absolute atomic E-state index is 12.1. The molecule has 0 aliphatic carbocycles. The summed E-state index contributed by atoms with van der Waals surface area (Å²) in [7, 11) is 1.57. The molecule has 0 spiro atoms. The van der Waals surface area contributed by atoms with Crippen molar-refractivity contribution in [3.05, 3.63) is 29.8 Å². The molecule has 0 fully saturated rings. The SMILES string of the molecule is COCC(C)NC(=O)CN1c2ccccc2CC1C(=O)O. The van der Waals surface area contributed by atoms with Gasteiger partial charge in [-0.3, -0.25) is 4.79 Å². The van der Waals surface area contributed by atoms with E-state index in [1.54, 1.807) is 12.0 Å². The van der Waals surface area contributed by atoms with Crippen molar-refractivity contribution in [2.75, 3.05) is 25.2 Å². The molecular formula is C15H20N2O4. The second-order valence-electron chi connectivity index (χ2n) is 5.24. The number of nitrogens with zero attached hydrogens (tertiary/aromatic N) is 1. The van der Waals surface area contributed by atoms with E-state index in [1.165, 1.54) is 0 Å². The summed E-state index contributed by atoms with van der Waals surface area (Å²) in [5.74, 6) is -1.12. The lowest BCUT2D eigenvalue weighted by Gasteiger charge is -2.25. The van der Waals surface area contributed by atoms with E-state index in [2.05, 4.69) is 5.32 Å². The van der Waals surface area contributed by atoms with Gasteiger partial charge in [-0.15, -0.1) is 0 Å². The predicted molar refractivity (Wildman–Crippen MR) is 78.4 cm³/mol. The first-order valence-electron chi connectivity index (χ1n) is 6.88. The van der Waals surface area contributed by atoms with E-state index >= 15 is 0 Å². The van der Waals surface area contributed by atoms with Crippen LogP contribution in [-0.2, 0) is 20.7 Å². The molecule has 2 atom stereocenters. The van der Waals surface area contributed by atoms with Crippen LogP contribution in [0.1, 0.15) is 12.5 Å². The summed E-state index contributed by atoms with van der Waals surface area (Å²) in [6, 6.07) is 6.68. The standard InChI is InChI=1S/C15H20N2O4/c1-10(9-21-2)16-14(18)8-17-12-6-4-3-5-11(12)7-13(17)15(19)20/h3-6,10,13H,7-9H2,1-2H3,(H,16,18)(H,19,20). The van der Waals surface area contributed by atoms with Gasteiger partial charge in [0.05, 0.1) is 13.2 Å². The fourth-order valence-corrected chi connectivity index (χ4v) is 2.63. The Labute approximate surface area is 123 Å². The van der Waals surface area contributed by atoms with Crippen LogP contribution < -0.4 is 10.2 Å². The minimum Gasteiger partial charge on any atom is -0.480 e. The second kappa shape index (κ2) is 6.58. The maximum atomic E-state index is 12.1. The molecule has 2 N–H and O–H groups in total. The lowest BCUT2D eigenvalue weighted by molar-refractivity contribution is -0.138. The van der Waals surface area contributed by atoms with Crippen molar-refractivity contribution in [1.29, 1.82) is 0 Å². The fourth-order valence-electron chi connectivity index (χ4n) is 2.63. The molecule has 0 bridgehead atoms. The number of carboxylic acid groups (broad SMARTS) is 1. The molecule has 0 radical (unpaired) electrons. The molecule has 1 aliphatic heterocycles. The van der Waals surface area contributed by atoms with E-state index in [0.717, 1.165) is 11.3 Å². The normalized spacial score (nSPS) is 18.2. The van der Waals surface area contributed by atoms with Crippen LogP contribution in [0.5, 0.6) is 0 Å². The van der Waals surface area contributed by atoms with E-state index in [4.69, 9.17) is 4.74 Å². The van der Waals surface area contributed by atoms with Crippen molar-refractivity contribution in [2.24, 2.45) is 0 Å². The van der Waals surface area contributed by atoms with Gasteiger partial charge in [-0.1, -0.05) is 18.2 Å². The van der Waals surface area contributed by atoms with E-state index in [9.17, 15) is 14.7 Å². The van der Waals surface area contributed by atoms with Crippen LogP contribution in [0.4, 0.5) is 5.69 Å². The Kier molecular flexibility index (Phi) is 4.80. The molecule has 2 unspecified atom stereocenters. The highest BCUT2D eigenvalue weighted by Crippen LogP contribution is 2.31. The first-order valence-corrected chi connectivity index (χ1v) is 6.88. The summed E-state index contributed by atoms with van der Waals surface area (Å²) < 4.78 is 4.97. The number of amides is 1. The Balaban J connectivity index is 2.09. The Bertz CT molecular complexity index is 532. The molecule has 1 aromatic rings. The molecular weight excluding hydrogens is 272 g/mol. The van der Waals surface area contributed by atoms with E-state index in [-0.39, 0.29) is 18.5 Å². The molecule has 1 aliphatic rings. The third-order valence-electron chi connectivity index (χ3n) is 3.51. The number of ether oxygens (including phenoxy) is 1. The summed E-state index contributed by atoms with van der Waals surface area (Å²) in [6.07, 6.45) is 0.423. The Morgan fingerprint density at radius 2 is 2.19 bits per heavy atom. The van der Waals surface area contributed by atoms with Gasteiger partial charge in [0, 0.05) is 25.3 Å². The number of hydrogen-bond acceptors (Lipinski definition) is 4. The molecule has 2 rings (SSSR count). The highest BCUT2D eigenvalue weighted by Gasteiger charge is 2.35. The van der Waals surface area contributed by atoms with E-state index in [1.807, 2.05) is 31.2 Å². The lowest BCUT2D eigenvalue weighted by Crippen LogP contribution is -2.47. The van der Waals surface area contributed by atoms with Crippen LogP contribution in [0.2, 0.25) is 0 Å². The highest BCUT2D eigenvalue weighted by molar-refractivity contribution is 5.88. The zero-order valence-electron chi connectivity index (χ0n) is 12.2. The monoisotopic (exact) mass is 292 g/mol. The number of hydrogen-bond donors (Lipinski definition) is 2. The van der Waals surface area contributed by atoms with Crippen LogP contribution in [0, 0.1) is 0 Å². The van der Waals surface area contributed by atoms with Gasteiger partial charge in [0.15, 0.2) is 0 Å². The fraction of sp³-hybridized carbons (Fsp3) is 0.467. The number of aliphatic carboxylic acids is 1. The number of carboxylic acids is 1. The summed E-state index contributed by atoms with van der Waals surface area (Å²) >= 11 is 0. The lowest BCUT2D eigenvalue weighted by atomic mass is 10.1. The van der Waals surface area contributed by atoms with Gasteiger partial charge in [-0.2, -0.15) is 0 Å². The Hall–Kier alpha value is -2.08. The molecule has 0 aromatic heterocycles. The zero-order chi connectivity index (χ0) is 15.4. The molecule has 6 heteroatoms. The van der Waals surface area contributed by atoms with Crippen molar-refractivity contribution in [3.8, 4) is 0 Å². The van der Waals surface area contributed by atoms with Gasteiger partial charge in [0.25, 0.3) is 0 Å². The van der Waals surface area contributed by atoms with Crippen molar-refractivity contribution in [2.45, 2.75) is 25.4 Å². The van der Waals surface area contributed by atoms with Crippen molar-refractivity contribution in [1.82, 2.24) is 5.32 Å². The number of benzene rings is 1. The van der Waals surface area contributed by atoms with Gasteiger partial charge < -0.3 is 20.1 Å². The minimum absolute atomic E-state index is 0.0298. The zero-order valence-corrected chi connectivity index (χ0v) is 12.2. The average molecular weight is 292 g/mol. The number of para-hydroxylation sites is 1. The molecule has 1 aromatic carbocycles. The topological polar surface area (TPSA) is 78.9 Å². The molecule has 1 amide bonds. The van der Waals surface area contributed by atoms with Gasteiger partial charge in [0.1, 0.15) is 6.04 Å². The van der Waals surface area contributed by atoms with Crippen LogP contribution in [-0.4, -0.2) is 49.3 Å². The maximum Gasteiger partial charge on any atom is 0.326 e. The molecule has 0 saturated carbocycles. The number of carbonyl (C=O) groups is 2. The van der Waals surface area contributed by atoms with Crippen LogP contribution >= 0.6 is 0 Å². The molecule has 0 saturated heterocycles. The Morgan fingerprint density at radius 3 is 2.86 bits per heavy atom. The predicted octanol–water partition coefficient (Wildman–Crippen LogP) is 0.653. The van der Waals surface area contributed by atoms with E-state index in [0.29, 0.717) is 13.0 Å². The minimum atomic E-state index is -0.913. The molecule has 21 heavy (non-hydrogen) atoms. The van der Waals surface area contributed by atoms with Gasteiger partial charge in [-0.25, -0.2) is 4.79 Å². The Morgan fingerprint density at radius 1 is 1.48 bits per heavy atom. The summed E-state index contributed by atoms with van der Waals surface area (Å²) in [5, 5.41) is 12.1. The van der Waals surface area contributed by atoms with Gasteiger partial charge >= 0.3 is 5.97 Å². The van der Waals surface area contributed by atoms with Crippen LogP contribution in [0.25, 0.3) is 0 Å². The second-order valence-corrected chi connectivity index (χ2v) is 5.24. The number of rotatable bonds is 6. The number of carbonyl (C=O) groups excluding carboxylic acids is 1. The van der Waals surface area contributed by atoms with Crippen molar-refractivity contribution < 1.29 is 19.4 Å². The number of methoxy groups -OCH3 is 1. The number of nitrogens with one attached hydrogen (secondary N) is 1. The summed E-state index contributed by atoms with van der Waals surface area (Å²) in [5.41, 5.74) is 1.78. The summed E-state index contributed by atoms with van der Waals surface area (Å²) in [6.45, 7) is 2.29. The first kappa shape index (κ1) is 15.3. The van der Waals surface area contributed by atoms with Gasteiger partial charge in [0.2, 0.25) is 5.91 Å². The highest BCUT2D eigenvalue weighted by atomic mass is 16.5. The quantitative estimate of drug-likeness (QED) is 0.805. The van der Waals surface area contributed by atoms with Gasteiger partial charge in [-0.05, 0) is 18.6 Å². The smallest absolute Gasteiger partial charge is 0.326 e. The van der Waals surface area contributed by atoms with Crippen LogP contribution in [0.3, 0.4) is 0 Å². The van der Waals surface area contributed by atoms with Crippen LogP contribution in [0.15, 0.2) is 24.3 Å². The van der Waals surface area contributed by atoms with E-state index < -0.39 is 12.0 Å². The summed E-state index contributed by atoms with van der Waals surface area (Å²) in [4.78, 5) is 25.1. The largest absolute Gasteiger partial charge is 0.480 e. The van der Waals surface area contributed by atoms with Crippen molar-refractivity contribution in [3.63, 3.8) is 0 Å². The number of anilines is 1.